The fourth-order valence-corrected chi connectivity index (χ4v) is 2.36. The monoisotopic (exact) mass is 238 g/mol. The molecule has 0 saturated carbocycles. The quantitative estimate of drug-likeness (QED) is 0.802. The van der Waals surface area contributed by atoms with Crippen molar-refractivity contribution < 1.29 is 4.39 Å². The van der Waals surface area contributed by atoms with Gasteiger partial charge in [0, 0.05) is 18.8 Å². The Labute approximate surface area is 100 Å². The summed E-state index contributed by atoms with van der Waals surface area (Å²) in [5, 5.41) is 0. The summed E-state index contributed by atoms with van der Waals surface area (Å²) in [6.07, 6.45) is 3.54. The summed E-state index contributed by atoms with van der Waals surface area (Å²) < 4.78 is 13.7. The number of nitrogens with zero attached hydrogens (tertiary/aromatic N) is 1. The van der Waals surface area contributed by atoms with Crippen LogP contribution in [0.4, 0.5) is 10.1 Å². The van der Waals surface area contributed by atoms with Crippen molar-refractivity contribution in [2.45, 2.75) is 19.3 Å². The number of halogens is 1. The van der Waals surface area contributed by atoms with Crippen molar-refractivity contribution in [2.24, 2.45) is 5.73 Å². The summed E-state index contributed by atoms with van der Waals surface area (Å²) in [7, 11) is 0. The zero-order valence-electron chi connectivity index (χ0n) is 9.08. The van der Waals surface area contributed by atoms with E-state index in [2.05, 4.69) is 4.90 Å². The van der Waals surface area contributed by atoms with Crippen LogP contribution >= 0.6 is 12.2 Å². The maximum absolute atomic E-state index is 13.7. The van der Waals surface area contributed by atoms with E-state index in [4.69, 9.17) is 18.0 Å². The van der Waals surface area contributed by atoms with Crippen LogP contribution in [-0.2, 0) is 0 Å². The Morgan fingerprint density at radius 2 is 1.94 bits per heavy atom. The predicted molar refractivity (Wildman–Crippen MR) is 68.4 cm³/mol. The van der Waals surface area contributed by atoms with Crippen molar-refractivity contribution >= 4 is 22.9 Å². The second-order valence-corrected chi connectivity index (χ2v) is 4.49. The van der Waals surface area contributed by atoms with E-state index >= 15 is 0 Å². The molecule has 0 bridgehead atoms. The van der Waals surface area contributed by atoms with E-state index in [0.29, 0.717) is 5.56 Å². The summed E-state index contributed by atoms with van der Waals surface area (Å²) in [4.78, 5) is 2.31. The van der Waals surface area contributed by atoms with Gasteiger partial charge in [0.1, 0.15) is 10.8 Å². The molecule has 0 amide bonds. The van der Waals surface area contributed by atoms with Crippen molar-refractivity contribution in [3.8, 4) is 0 Å². The number of benzene rings is 1. The Bertz CT molecular complexity index is 400. The molecule has 1 heterocycles. The number of thiocarbonyl (C=S) groups is 1. The van der Waals surface area contributed by atoms with E-state index in [-0.39, 0.29) is 10.8 Å². The first kappa shape index (κ1) is 11.3. The fraction of sp³-hybridized carbons (Fsp3) is 0.417. The molecular formula is C12H15FN2S. The lowest BCUT2D eigenvalue weighted by atomic mass is 10.1. The van der Waals surface area contributed by atoms with Gasteiger partial charge in [-0.15, -0.1) is 0 Å². The molecule has 1 aromatic carbocycles. The van der Waals surface area contributed by atoms with Gasteiger partial charge in [0.05, 0.1) is 5.56 Å². The molecular weight excluding hydrogens is 223 g/mol. The van der Waals surface area contributed by atoms with Crippen LogP contribution < -0.4 is 10.6 Å². The molecule has 4 heteroatoms. The fourth-order valence-electron chi connectivity index (χ4n) is 2.16. The van der Waals surface area contributed by atoms with Crippen molar-refractivity contribution in [1.29, 1.82) is 0 Å². The lowest BCUT2D eigenvalue weighted by molar-refractivity contribution is 0.573. The SMILES string of the molecule is NC(=S)c1c(F)cccc1N1CCCCC1. The molecule has 16 heavy (non-hydrogen) atoms. The minimum atomic E-state index is -0.324. The maximum atomic E-state index is 13.7. The zero-order valence-corrected chi connectivity index (χ0v) is 9.89. The molecule has 0 spiro atoms. The summed E-state index contributed by atoms with van der Waals surface area (Å²) in [6.45, 7) is 1.91. The van der Waals surface area contributed by atoms with Crippen LogP contribution in [0.2, 0.25) is 0 Å². The average Bonchev–Trinajstić information content (AvgIpc) is 2.29. The van der Waals surface area contributed by atoms with E-state index in [1.807, 2.05) is 6.07 Å². The second kappa shape index (κ2) is 4.78. The van der Waals surface area contributed by atoms with Crippen molar-refractivity contribution in [3.05, 3.63) is 29.6 Å². The van der Waals surface area contributed by atoms with Gasteiger partial charge in [-0.1, -0.05) is 18.3 Å². The van der Waals surface area contributed by atoms with Crippen LogP contribution in [0.3, 0.4) is 0 Å². The molecule has 0 unspecified atom stereocenters. The summed E-state index contributed by atoms with van der Waals surface area (Å²) in [6, 6.07) is 5.01. The number of anilines is 1. The van der Waals surface area contributed by atoms with Crippen molar-refractivity contribution in [3.63, 3.8) is 0 Å². The van der Waals surface area contributed by atoms with E-state index in [1.54, 1.807) is 6.07 Å². The molecule has 2 nitrogen and oxygen atoms in total. The Morgan fingerprint density at radius 1 is 1.25 bits per heavy atom. The minimum Gasteiger partial charge on any atom is -0.389 e. The predicted octanol–water partition coefficient (Wildman–Crippen LogP) is 2.45. The highest BCUT2D eigenvalue weighted by Crippen LogP contribution is 2.26. The van der Waals surface area contributed by atoms with Crippen LogP contribution in [-0.4, -0.2) is 18.1 Å². The van der Waals surface area contributed by atoms with Gasteiger partial charge in [0.25, 0.3) is 0 Å². The molecule has 1 saturated heterocycles. The van der Waals surface area contributed by atoms with Gasteiger partial charge in [-0.2, -0.15) is 0 Å². The molecule has 1 fully saturated rings. The van der Waals surface area contributed by atoms with Crippen LogP contribution in [0.5, 0.6) is 0 Å². The molecule has 0 atom stereocenters. The lowest BCUT2D eigenvalue weighted by Gasteiger charge is -2.30. The molecule has 1 aliphatic heterocycles. The van der Waals surface area contributed by atoms with Gasteiger partial charge < -0.3 is 10.6 Å². The number of rotatable bonds is 2. The van der Waals surface area contributed by atoms with Crippen LogP contribution in [0.1, 0.15) is 24.8 Å². The Hall–Kier alpha value is -1.16. The molecule has 1 aliphatic rings. The molecule has 0 radical (unpaired) electrons. The van der Waals surface area contributed by atoms with Gasteiger partial charge in [0.2, 0.25) is 0 Å². The average molecular weight is 238 g/mol. The van der Waals surface area contributed by atoms with Gasteiger partial charge in [0.15, 0.2) is 0 Å². The molecule has 86 valence electrons. The van der Waals surface area contributed by atoms with Gasteiger partial charge in [-0.25, -0.2) is 4.39 Å². The number of hydrogen-bond acceptors (Lipinski definition) is 2. The highest BCUT2D eigenvalue weighted by molar-refractivity contribution is 7.80. The topological polar surface area (TPSA) is 29.3 Å². The molecule has 2 rings (SSSR count). The number of piperidine rings is 1. The van der Waals surface area contributed by atoms with Crippen LogP contribution in [0, 0.1) is 5.82 Å². The summed E-state index contributed by atoms with van der Waals surface area (Å²) >= 11 is 4.92. The standard InChI is InChI=1S/C12H15FN2S/c13-9-5-4-6-10(11(9)12(14)16)15-7-2-1-3-8-15/h4-6H,1-3,7-8H2,(H2,14,16). The first-order valence-electron chi connectivity index (χ1n) is 5.53. The van der Waals surface area contributed by atoms with Crippen molar-refractivity contribution in [1.82, 2.24) is 0 Å². The third-order valence-electron chi connectivity index (χ3n) is 2.93. The van der Waals surface area contributed by atoms with E-state index in [1.165, 1.54) is 12.5 Å². The van der Waals surface area contributed by atoms with Crippen LogP contribution in [0.25, 0.3) is 0 Å². The molecule has 0 aromatic heterocycles. The minimum absolute atomic E-state index is 0.138. The zero-order chi connectivity index (χ0) is 11.5. The lowest BCUT2D eigenvalue weighted by Crippen LogP contribution is -2.31. The summed E-state index contributed by atoms with van der Waals surface area (Å²) in [5.41, 5.74) is 6.82. The number of nitrogens with two attached hydrogens (primary N) is 1. The summed E-state index contributed by atoms with van der Waals surface area (Å²) in [5.74, 6) is -0.324. The van der Waals surface area contributed by atoms with Gasteiger partial charge in [-0.05, 0) is 31.4 Å². The first-order chi connectivity index (χ1) is 7.70. The van der Waals surface area contributed by atoms with Crippen molar-refractivity contribution in [2.75, 3.05) is 18.0 Å². The maximum Gasteiger partial charge on any atom is 0.135 e. The number of hydrogen-bond donors (Lipinski definition) is 1. The molecule has 1 aromatic rings. The smallest absolute Gasteiger partial charge is 0.135 e. The van der Waals surface area contributed by atoms with E-state index in [0.717, 1.165) is 31.6 Å². The Kier molecular flexibility index (Phi) is 3.39. The molecule has 2 N–H and O–H groups in total. The Balaban J connectivity index is 2.38. The van der Waals surface area contributed by atoms with Gasteiger partial charge in [-0.3, -0.25) is 0 Å². The second-order valence-electron chi connectivity index (χ2n) is 4.05. The van der Waals surface area contributed by atoms with E-state index in [9.17, 15) is 4.39 Å². The Morgan fingerprint density at radius 3 is 2.56 bits per heavy atom. The van der Waals surface area contributed by atoms with Crippen LogP contribution in [0.15, 0.2) is 18.2 Å². The van der Waals surface area contributed by atoms with Gasteiger partial charge >= 0.3 is 0 Å². The highest BCUT2D eigenvalue weighted by atomic mass is 32.1. The highest BCUT2D eigenvalue weighted by Gasteiger charge is 2.18. The normalized spacial score (nSPS) is 16.2. The third-order valence-corrected chi connectivity index (χ3v) is 3.14. The van der Waals surface area contributed by atoms with E-state index < -0.39 is 0 Å². The first-order valence-corrected chi connectivity index (χ1v) is 5.94. The third kappa shape index (κ3) is 2.16. The molecule has 0 aliphatic carbocycles. The largest absolute Gasteiger partial charge is 0.389 e.